The van der Waals surface area contributed by atoms with E-state index in [-0.39, 0.29) is 5.91 Å². The first kappa shape index (κ1) is 18.3. The number of amidine groups is 1. The minimum Gasteiger partial charge on any atom is -0.493 e. The number of carbonyl (C=O) groups is 1. The van der Waals surface area contributed by atoms with E-state index in [0.717, 1.165) is 5.56 Å². The molecular formula is C17H17N3O4S2. The molecule has 0 saturated carbocycles. The van der Waals surface area contributed by atoms with Crippen LogP contribution >= 0.6 is 23.1 Å². The molecule has 0 radical (unpaired) electrons. The predicted molar refractivity (Wildman–Crippen MR) is 104 cm³/mol. The monoisotopic (exact) mass is 391 g/mol. The van der Waals surface area contributed by atoms with E-state index in [2.05, 4.69) is 9.98 Å². The van der Waals surface area contributed by atoms with E-state index in [4.69, 9.17) is 14.2 Å². The largest absolute Gasteiger partial charge is 0.493 e. The van der Waals surface area contributed by atoms with Gasteiger partial charge in [0.05, 0.1) is 26.2 Å². The van der Waals surface area contributed by atoms with Gasteiger partial charge in [0.15, 0.2) is 16.7 Å². The molecule has 3 rings (SSSR count). The zero-order valence-electron chi connectivity index (χ0n) is 14.7. The van der Waals surface area contributed by atoms with Gasteiger partial charge in [0.1, 0.15) is 0 Å². The number of hydrogen-bond donors (Lipinski definition) is 0. The van der Waals surface area contributed by atoms with Gasteiger partial charge in [-0.05, 0) is 35.5 Å². The van der Waals surface area contributed by atoms with Gasteiger partial charge in [0.2, 0.25) is 10.9 Å². The van der Waals surface area contributed by atoms with Crippen LogP contribution in [-0.2, 0) is 4.79 Å². The summed E-state index contributed by atoms with van der Waals surface area (Å²) in [6, 6.07) is 3.58. The number of amides is 1. The molecule has 9 heteroatoms. The molecule has 7 nitrogen and oxygen atoms in total. The van der Waals surface area contributed by atoms with Crippen molar-refractivity contribution in [3.05, 3.63) is 34.2 Å². The van der Waals surface area contributed by atoms with Crippen LogP contribution in [-0.4, -0.2) is 49.3 Å². The number of nitrogens with zero attached hydrogens (tertiary/aromatic N) is 3. The first-order valence-corrected chi connectivity index (χ1v) is 9.22. The second-order valence-electron chi connectivity index (χ2n) is 5.14. The molecule has 0 atom stereocenters. The number of aromatic nitrogens is 1. The number of ether oxygens (including phenoxy) is 3. The molecule has 1 aromatic carbocycles. The molecule has 1 saturated heterocycles. The predicted octanol–water partition coefficient (Wildman–Crippen LogP) is 3.40. The molecule has 1 fully saturated rings. The molecule has 136 valence electrons. The van der Waals surface area contributed by atoms with E-state index in [9.17, 15) is 4.79 Å². The molecule has 1 aliphatic heterocycles. The number of aliphatic imine (C=N–C) groups is 1. The lowest BCUT2D eigenvalue weighted by Crippen LogP contribution is -2.23. The van der Waals surface area contributed by atoms with Crippen LogP contribution in [0.2, 0.25) is 0 Å². The van der Waals surface area contributed by atoms with Gasteiger partial charge in [-0.1, -0.05) is 0 Å². The molecule has 2 heterocycles. The van der Waals surface area contributed by atoms with Gasteiger partial charge >= 0.3 is 0 Å². The van der Waals surface area contributed by atoms with Crippen molar-refractivity contribution in [3.63, 3.8) is 0 Å². The third kappa shape index (κ3) is 3.54. The smallest absolute Gasteiger partial charge is 0.266 e. The van der Waals surface area contributed by atoms with Crippen molar-refractivity contribution >= 4 is 45.4 Å². The fourth-order valence-electron chi connectivity index (χ4n) is 2.34. The standard InChI is InChI=1S/C17H17N3O4S2/c1-20-15(21)13(26-17(20)19-16-18-5-6-25-16)9-10-7-11(22-2)14(24-4)12(8-10)23-3/h5-9H,1-4H3/b13-9-,19-17+. The normalized spacial score (nSPS) is 17.2. The summed E-state index contributed by atoms with van der Waals surface area (Å²) < 4.78 is 16.0. The highest BCUT2D eigenvalue weighted by atomic mass is 32.2. The van der Waals surface area contributed by atoms with Crippen LogP contribution in [0.15, 0.2) is 33.6 Å². The van der Waals surface area contributed by atoms with Crippen LogP contribution in [0.3, 0.4) is 0 Å². The number of rotatable bonds is 5. The summed E-state index contributed by atoms with van der Waals surface area (Å²) in [5, 5.41) is 3.04. The number of carbonyl (C=O) groups excluding carboxylic acids is 1. The first-order valence-electron chi connectivity index (χ1n) is 7.53. The summed E-state index contributed by atoms with van der Waals surface area (Å²) in [6.07, 6.45) is 3.45. The average molecular weight is 391 g/mol. The van der Waals surface area contributed by atoms with Crippen molar-refractivity contribution in [2.24, 2.45) is 4.99 Å². The van der Waals surface area contributed by atoms with E-state index in [1.165, 1.54) is 28.0 Å². The van der Waals surface area contributed by atoms with Crippen LogP contribution in [0.25, 0.3) is 6.08 Å². The molecule has 1 amide bonds. The molecule has 2 aromatic rings. The highest BCUT2D eigenvalue weighted by Crippen LogP contribution is 2.40. The summed E-state index contributed by atoms with van der Waals surface area (Å²) in [5.41, 5.74) is 0.763. The van der Waals surface area contributed by atoms with Crippen LogP contribution in [0.4, 0.5) is 5.13 Å². The van der Waals surface area contributed by atoms with Gasteiger partial charge in [-0.3, -0.25) is 9.69 Å². The lowest BCUT2D eigenvalue weighted by Gasteiger charge is -2.13. The Morgan fingerprint density at radius 3 is 2.38 bits per heavy atom. The van der Waals surface area contributed by atoms with E-state index in [0.29, 0.717) is 32.5 Å². The van der Waals surface area contributed by atoms with Crippen LogP contribution < -0.4 is 14.2 Å². The van der Waals surface area contributed by atoms with Gasteiger partial charge in [-0.25, -0.2) is 4.98 Å². The quantitative estimate of drug-likeness (QED) is 0.728. The Labute approximate surface area is 159 Å². The van der Waals surface area contributed by atoms with Gasteiger partial charge in [-0.2, -0.15) is 4.99 Å². The Morgan fingerprint density at radius 2 is 1.85 bits per heavy atom. The summed E-state index contributed by atoms with van der Waals surface area (Å²) >= 11 is 2.71. The second-order valence-corrected chi connectivity index (χ2v) is 7.02. The molecule has 0 unspecified atom stereocenters. The lowest BCUT2D eigenvalue weighted by molar-refractivity contribution is -0.121. The van der Waals surface area contributed by atoms with Crippen molar-refractivity contribution in [1.29, 1.82) is 0 Å². The Morgan fingerprint density at radius 1 is 1.15 bits per heavy atom. The van der Waals surface area contributed by atoms with Gasteiger partial charge < -0.3 is 14.2 Å². The first-order chi connectivity index (χ1) is 12.6. The van der Waals surface area contributed by atoms with Crippen LogP contribution in [0.1, 0.15) is 5.56 Å². The highest BCUT2D eigenvalue weighted by molar-refractivity contribution is 8.18. The maximum Gasteiger partial charge on any atom is 0.266 e. The van der Waals surface area contributed by atoms with Crippen molar-refractivity contribution < 1.29 is 19.0 Å². The average Bonchev–Trinajstić information content (AvgIpc) is 3.25. The van der Waals surface area contributed by atoms with Gasteiger partial charge in [0, 0.05) is 18.6 Å². The molecule has 1 aliphatic rings. The third-order valence-corrected chi connectivity index (χ3v) is 5.32. The van der Waals surface area contributed by atoms with E-state index >= 15 is 0 Å². The van der Waals surface area contributed by atoms with Crippen molar-refractivity contribution in [3.8, 4) is 17.2 Å². The Balaban J connectivity index is 1.96. The number of methoxy groups -OCH3 is 3. The SMILES string of the molecule is COc1cc(/C=C2\S/C(=N/c3nccs3)N(C)C2=O)cc(OC)c1OC. The number of benzene rings is 1. The van der Waals surface area contributed by atoms with Gasteiger partial charge in [-0.15, -0.1) is 11.3 Å². The third-order valence-electron chi connectivity index (χ3n) is 3.60. The summed E-state index contributed by atoms with van der Waals surface area (Å²) in [5.74, 6) is 1.43. The minimum atomic E-state index is -0.126. The van der Waals surface area contributed by atoms with Crippen LogP contribution in [0.5, 0.6) is 17.2 Å². The van der Waals surface area contributed by atoms with E-state index in [1.807, 2.05) is 5.38 Å². The molecule has 0 spiro atoms. The fourth-order valence-corrected chi connectivity index (χ4v) is 3.87. The Bertz CT molecular complexity index is 853. The highest BCUT2D eigenvalue weighted by Gasteiger charge is 2.30. The molecule has 26 heavy (non-hydrogen) atoms. The second kappa shape index (κ2) is 7.79. The van der Waals surface area contributed by atoms with E-state index < -0.39 is 0 Å². The molecule has 0 aliphatic carbocycles. The number of thiazole rings is 1. The van der Waals surface area contributed by atoms with E-state index in [1.54, 1.807) is 52.8 Å². The fraction of sp³-hybridized carbons (Fsp3) is 0.235. The van der Waals surface area contributed by atoms with Crippen LogP contribution in [0, 0.1) is 0 Å². The Kier molecular flexibility index (Phi) is 5.48. The minimum absolute atomic E-state index is 0.126. The topological polar surface area (TPSA) is 73.3 Å². The summed E-state index contributed by atoms with van der Waals surface area (Å²) in [4.78, 5) is 23.1. The zero-order valence-corrected chi connectivity index (χ0v) is 16.3. The maximum absolute atomic E-state index is 12.5. The summed E-state index contributed by atoms with van der Waals surface area (Å²) in [7, 11) is 6.34. The Hall–Kier alpha value is -2.52. The summed E-state index contributed by atoms with van der Waals surface area (Å²) in [6.45, 7) is 0. The van der Waals surface area contributed by atoms with Crippen molar-refractivity contribution in [2.75, 3.05) is 28.4 Å². The number of thioether (sulfide) groups is 1. The zero-order chi connectivity index (χ0) is 18.7. The molecule has 0 bridgehead atoms. The van der Waals surface area contributed by atoms with Crippen molar-refractivity contribution in [2.45, 2.75) is 0 Å². The molecular weight excluding hydrogens is 374 g/mol. The number of hydrogen-bond acceptors (Lipinski definition) is 8. The van der Waals surface area contributed by atoms with Crippen molar-refractivity contribution in [1.82, 2.24) is 9.88 Å². The maximum atomic E-state index is 12.5. The number of likely N-dealkylation sites (N-methyl/N-ethyl adjacent to an activating group) is 1. The molecule has 1 aromatic heterocycles. The molecule has 0 N–H and O–H groups in total. The lowest BCUT2D eigenvalue weighted by atomic mass is 10.1. The van der Waals surface area contributed by atoms with Gasteiger partial charge in [0.25, 0.3) is 5.91 Å².